The van der Waals surface area contributed by atoms with Gasteiger partial charge in [0.05, 0.1) is 12.0 Å². The van der Waals surface area contributed by atoms with Crippen LogP contribution < -0.4 is 45.7 Å². The maximum atomic E-state index is 13.1. The number of carboxylic acid groups (broad SMARTS) is 1. The third kappa shape index (κ3) is 5.19. The molecular weight excluding hydrogens is 477 g/mol. The van der Waals surface area contributed by atoms with E-state index in [1.54, 1.807) is 19.2 Å². The van der Waals surface area contributed by atoms with E-state index in [1.807, 2.05) is 0 Å². The molecule has 1 aliphatic carbocycles. The minimum Gasteiger partial charge on any atom is -0.548 e. The molecule has 33 heavy (non-hydrogen) atoms. The number of nitrogens with zero attached hydrogens (tertiary/aromatic N) is 3. The quantitative estimate of drug-likeness (QED) is 0.185. The summed E-state index contributed by atoms with van der Waals surface area (Å²) in [6, 6.07) is -1.92. The van der Waals surface area contributed by atoms with Crippen molar-refractivity contribution in [2.75, 3.05) is 5.73 Å². The summed E-state index contributed by atoms with van der Waals surface area (Å²) in [6.45, 7) is 5.68. The van der Waals surface area contributed by atoms with Crippen molar-refractivity contribution in [1.82, 2.24) is 15.2 Å². The van der Waals surface area contributed by atoms with E-state index in [1.165, 1.54) is 28.0 Å². The first kappa shape index (κ1) is 26.3. The van der Waals surface area contributed by atoms with E-state index in [2.05, 4.69) is 22.4 Å². The molecule has 4 rings (SSSR count). The summed E-state index contributed by atoms with van der Waals surface area (Å²) in [6.07, 6.45) is 3.69. The molecule has 1 aromatic rings. The number of anilines is 1. The number of aliphatic carboxylic acids is 1. The third-order valence-electron chi connectivity index (χ3n) is 6.19. The van der Waals surface area contributed by atoms with E-state index in [0.29, 0.717) is 5.92 Å². The summed E-state index contributed by atoms with van der Waals surface area (Å²) in [7, 11) is 0. The van der Waals surface area contributed by atoms with Crippen LogP contribution in [0.1, 0.15) is 52.1 Å². The predicted molar refractivity (Wildman–Crippen MR) is 119 cm³/mol. The van der Waals surface area contributed by atoms with Crippen LogP contribution in [-0.2, 0) is 19.2 Å². The van der Waals surface area contributed by atoms with Crippen LogP contribution in [0.4, 0.5) is 5.13 Å². The second kappa shape index (κ2) is 10.1. The van der Waals surface area contributed by atoms with Crippen LogP contribution in [0.25, 0.3) is 0 Å². The van der Waals surface area contributed by atoms with E-state index in [9.17, 15) is 19.5 Å². The number of rotatable bonds is 6. The number of nitrogens with one attached hydrogen (secondary N) is 1. The Morgan fingerprint density at radius 3 is 2.58 bits per heavy atom. The number of oxime groups is 1. The molecule has 2 aliphatic heterocycles. The Labute approximate surface area is 222 Å². The number of nitrogens with two attached hydrogens (primary N) is 1. The number of aromatic nitrogens is 1. The van der Waals surface area contributed by atoms with Gasteiger partial charge in [0, 0.05) is 10.1 Å². The number of amides is 2. The molecule has 0 radical (unpaired) electrons. The van der Waals surface area contributed by atoms with Crippen LogP contribution in [-0.4, -0.2) is 61.7 Å². The van der Waals surface area contributed by atoms with Crippen molar-refractivity contribution in [3.8, 4) is 0 Å². The summed E-state index contributed by atoms with van der Waals surface area (Å²) in [5.41, 5.74) is 5.94. The van der Waals surface area contributed by atoms with Gasteiger partial charge in [0.2, 0.25) is 5.91 Å². The second-order valence-corrected chi connectivity index (χ2v) is 11.7. The van der Waals surface area contributed by atoms with Crippen molar-refractivity contribution < 1.29 is 53.9 Å². The summed E-state index contributed by atoms with van der Waals surface area (Å²) in [5.74, 6) is -1.74. The van der Waals surface area contributed by atoms with E-state index in [4.69, 9.17) is 10.6 Å². The molecule has 0 aromatic carbocycles. The number of carbonyl (C=O) groups is 3. The molecule has 2 saturated heterocycles. The minimum atomic E-state index is -1.31. The number of β-lactam (4-membered cyclic amide) rings is 1. The van der Waals surface area contributed by atoms with Gasteiger partial charge in [-0.2, -0.15) is 0 Å². The van der Waals surface area contributed by atoms with Gasteiger partial charge in [-0.05, 0) is 45.4 Å². The third-order valence-corrected chi connectivity index (χ3v) is 8.43. The molecule has 2 amide bonds. The van der Waals surface area contributed by atoms with Gasteiger partial charge in [-0.15, -0.1) is 23.1 Å². The second-order valence-electron chi connectivity index (χ2n) is 9.03. The molecule has 13 heteroatoms. The first-order valence-electron chi connectivity index (χ1n) is 10.6. The Kier molecular flexibility index (Phi) is 8.04. The number of hydrogen-bond donors (Lipinski definition) is 2. The van der Waals surface area contributed by atoms with Gasteiger partial charge in [0.1, 0.15) is 23.2 Å². The molecule has 0 unspecified atom stereocenters. The summed E-state index contributed by atoms with van der Waals surface area (Å²) in [4.78, 5) is 48.4. The zero-order chi connectivity index (χ0) is 23.2. The number of thiazole rings is 1. The number of nitrogen functional groups attached to an aromatic ring is 1. The fourth-order valence-corrected chi connectivity index (χ4v) is 6.57. The van der Waals surface area contributed by atoms with Crippen molar-refractivity contribution >= 4 is 51.7 Å². The number of thioether (sulfide) groups is 1. The summed E-state index contributed by atoms with van der Waals surface area (Å²) in [5, 5.41) is 19.8. The van der Waals surface area contributed by atoms with Crippen LogP contribution >= 0.6 is 23.1 Å². The predicted octanol–water partition coefficient (Wildman–Crippen LogP) is -2.67. The summed E-state index contributed by atoms with van der Waals surface area (Å²) < 4.78 is -0.736. The smallest absolute Gasteiger partial charge is 0.548 e. The van der Waals surface area contributed by atoms with Crippen LogP contribution in [0.15, 0.2) is 10.5 Å². The standard InChI is InChI=1S/C20H27N5O5S2.Na/c1-9-4-6-10(7-5-9)30-24-12(11-8-31-19(21)22-11)15(26)23-13-16(27)25-14(18(28)29)20(2,3)32-17(13)25;/h8-10,13-14,17H,4-7H2,1-3H3,(H2,21,22)(H,23,26)(H,28,29);/q;+1/p-1/b24-12-;/t9-,10+,13-,14-,17+;/m0./s1. The van der Waals surface area contributed by atoms with Gasteiger partial charge >= 0.3 is 29.6 Å². The van der Waals surface area contributed by atoms with Gasteiger partial charge in [0.25, 0.3) is 5.91 Å². The van der Waals surface area contributed by atoms with Crippen molar-refractivity contribution in [2.45, 2.75) is 74.8 Å². The average molecular weight is 504 g/mol. The molecule has 10 nitrogen and oxygen atoms in total. The molecule has 3 N–H and O–H groups in total. The Balaban J connectivity index is 0.00000306. The van der Waals surface area contributed by atoms with Gasteiger partial charge in [-0.3, -0.25) is 9.59 Å². The van der Waals surface area contributed by atoms with E-state index < -0.39 is 40.0 Å². The number of carbonyl (C=O) groups excluding carboxylic acids is 3. The Morgan fingerprint density at radius 1 is 1.33 bits per heavy atom. The molecular formula is C20H26N5NaO5S2. The Morgan fingerprint density at radius 2 is 2.00 bits per heavy atom. The topological polar surface area (TPSA) is 150 Å². The molecule has 3 heterocycles. The van der Waals surface area contributed by atoms with Crippen molar-refractivity contribution in [3.05, 3.63) is 11.1 Å². The van der Waals surface area contributed by atoms with Crippen LogP contribution in [0.3, 0.4) is 0 Å². The molecule has 3 aliphatic rings. The number of fused-ring (bicyclic) bond motifs is 1. The van der Waals surface area contributed by atoms with Gasteiger partial charge in [-0.25, -0.2) is 4.98 Å². The minimum absolute atomic E-state index is 0. The first-order chi connectivity index (χ1) is 15.1. The number of hydrogen-bond acceptors (Lipinski definition) is 10. The van der Waals surface area contributed by atoms with Crippen LogP contribution in [0.2, 0.25) is 0 Å². The fraction of sp³-hybridized carbons (Fsp3) is 0.650. The van der Waals surface area contributed by atoms with Crippen LogP contribution in [0.5, 0.6) is 0 Å². The molecule has 3 fully saturated rings. The monoisotopic (exact) mass is 503 g/mol. The van der Waals surface area contributed by atoms with Crippen molar-refractivity contribution in [3.63, 3.8) is 0 Å². The molecule has 1 saturated carbocycles. The molecule has 1 aromatic heterocycles. The van der Waals surface area contributed by atoms with Crippen molar-refractivity contribution in [2.24, 2.45) is 11.1 Å². The molecule has 0 spiro atoms. The van der Waals surface area contributed by atoms with E-state index in [0.717, 1.165) is 25.7 Å². The molecule has 174 valence electrons. The van der Waals surface area contributed by atoms with Crippen LogP contribution in [0, 0.1) is 5.92 Å². The largest absolute Gasteiger partial charge is 1.00 e. The SMILES string of the molecule is CC1(C)S[C@@H]2[C@@H](NC(=O)/C(=N\O[C@H]3CC[C@@H](C)CC3)c3csc(N)n3)C(=O)N2[C@H]1C(=O)[O-].[Na+]. The van der Waals surface area contributed by atoms with E-state index in [-0.39, 0.29) is 52.2 Å². The van der Waals surface area contributed by atoms with Gasteiger partial charge in [0.15, 0.2) is 10.8 Å². The Bertz CT molecular complexity index is 962. The fourth-order valence-electron chi connectivity index (χ4n) is 4.40. The average Bonchev–Trinajstić information content (AvgIpc) is 3.26. The molecule has 0 bridgehead atoms. The first-order valence-corrected chi connectivity index (χ1v) is 12.3. The van der Waals surface area contributed by atoms with Gasteiger partial charge < -0.3 is 30.7 Å². The number of carboxylic acids is 1. The van der Waals surface area contributed by atoms with Crippen molar-refractivity contribution in [1.29, 1.82) is 0 Å². The zero-order valence-corrected chi connectivity index (χ0v) is 22.7. The maximum absolute atomic E-state index is 13.1. The molecule has 3 atom stereocenters. The van der Waals surface area contributed by atoms with E-state index >= 15 is 0 Å². The normalized spacial score (nSPS) is 30.6. The summed E-state index contributed by atoms with van der Waals surface area (Å²) >= 11 is 2.49. The van der Waals surface area contributed by atoms with Gasteiger partial charge in [-0.1, -0.05) is 12.1 Å². The zero-order valence-electron chi connectivity index (χ0n) is 19.1. The maximum Gasteiger partial charge on any atom is 1.00 e. The Hall–Kier alpha value is -1.34.